The minimum atomic E-state index is -4.74. The molecule has 0 amide bonds. The van der Waals surface area contributed by atoms with Gasteiger partial charge in [-0.25, -0.2) is 5.43 Å². The Balaban J connectivity index is 2.09. The van der Waals surface area contributed by atoms with Crippen LogP contribution in [-0.2, 0) is 10.4 Å². The van der Waals surface area contributed by atoms with E-state index in [2.05, 4.69) is 16.3 Å². The standard InChI is InChI=1S/C17H14Cl2F3N3O/c1-23-24-14-4-2-3-10(5-14)15-9-16(26-25-15,17(20,21)22)11-6-12(18)8-13(19)7-11/h2-9,23-25H,1H3. The van der Waals surface area contributed by atoms with E-state index < -0.39 is 11.8 Å². The van der Waals surface area contributed by atoms with Gasteiger partial charge in [0.2, 0.25) is 5.60 Å². The average Bonchev–Trinajstić information content (AvgIpc) is 3.01. The molecule has 4 nitrogen and oxygen atoms in total. The first-order chi connectivity index (χ1) is 12.2. The van der Waals surface area contributed by atoms with E-state index in [1.807, 2.05) is 0 Å². The summed E-state index contributed by atoms with van der Waals surface area (Å²) in [6, 6.07) is 10.5. The Morgan fingerprint density at radius 2 is 1.77 bits per heavy atom. The van der Waals surface area contributed by atoms with E-state index >= 15 is 0 Å². The molecule has 1 aliphatic rings. The summed E-state index contributed by atoms with van der Waals surface area (Å²) in [5.41, 5.74) is 6.46. The van der Waals surface area contributed by atoms with Crippen molar-refractivity contribution in [1.82, 2.24) is 10.9 Å². The van der Waals surface area contributed by atoms with Gasteiger partial charge in [-0.2, -0.15) is 13.2 Å². The maximum absolute atomic E-state index is 13.9. The fraction of sp³-hybridized carbons (Fsp3) is 0.176. The van der Waals surface area contributed by atoms with Crippen LogP contribution in [0, 0.1) is 0 Å². The summed E-state index contributed by atoms with van der Waals surface area (Å²) in [7, 11) is 1.68. The third-order valence-electron chi connectivity index (χ3n) is 3.83. The van der Waals surface area contributed by atoms with Crippen LogP contribution in [0.2, 0.25) is 10.0 Å². The third-order valence-corrected chi connectivity index (χ3v) is 4.26. The molecule has 0 spiro atoms. The monoisotopic (exact) mass is 403 g/mol. The van der Waals surface area contributed by atoms with Gasteiger partial charge in [0, 0.05) is 33.9 Å². The zero-order valence-corrected chi connectivity index (χ0v) is 14.9. The molecule has 0 bridgehead atoms. The van der Waals surface area contributed by atoms with Gasteiger partial charge in [-0.15, -0.1) is 0 Å². The van der Waals surface area contributed by atoms with Crippen LogP contribution < -0.4 is 16.3 Å². The molecule has 0 aromatic heterocycles. The van der Waals surface area contributed by atoms with Crippen LogP contribution in [0.25, 0.3) is 5.70 Å². The number of halogens is 5. The van der Waals surface area contributed by atoms with Crippen molar-refractivity contribution in [3.8, 4) is 0 Å². The summed E-state index contributed by atoms with van der Waals surface area (Å²) >= 11 is 11.8. The summed E-state index contributed by atoms with van der Waals surface area (Å²) < 4.78 is 41.8. The molecule has 138 valence electrons. The van der Waals surface area contributed by atoms with Crippen molar-refractivity contribution in [3.63, 3.8) is 0 Å². The quantitative estimate of drug-likeness (QED) is 0.637. The average molecular weight is 404 g/mol. The molecule has 9 heteroatoms. The van der Waals surface area contributed by atoms with Gasteiger partial charge < -0.3 is 5.43 Å². The van der Waals surface area contributed by atoms with Gasteiger partial charge in [0.25, 0.3) is 0 Å². The highest BCUT2D eigenvalue weighted by molar-refractivity contribution is 6.34. The molecule has 2 aromatic carbocycles. The topological polar surface area (TPSA) is 45.3 Å². The van der Waals surface area contributed by atoms with Gasteiger partial charge >= 0.3 is 6.18 Å². The predicted molar refractivity (Wildman–Crippen MR) is 95.5 cm³/mol. The first-order valence-corrected chi connectivity index (χ1v) is 8.24. The summed E-state index contributed by atoms with van der Waals surface area (Å²) in [5, 5.41) is 0.170. The predicted octanol–water partition coefficient (Wildman–Crippen LogP) is 4.87. The van der Waals surface area contributed by atoms with E-state index in [1.54, 1.807) is 31.3 Å². The molecular formula is C17H14Cl2F3N3O. The summed E-state index contributed by atoms with van der Waals surface area (Å²) in [5.74, 6) is 0. The highest BCUT2D eigenvalue weighted by Gasteiger charge is 2.59. The number of benzene rings is 2. The molecule has 1 unspecified atom stereocenters. The van der Waals surface area contributed by atoms with Gasteiger partial charge in [0.1, 0.15) is 0 Å². The van der Waals surface area contributed by atoms with Crippen LogP contribution in [0.3, 0.4) is 0 Å². The van der Waals surface area contributed by atoms with E-state index in [0.29, 0.717) is 11.3 Å². The first kappa shape index (κ1) is 18.8. The van der Waals surface area contributed by atoms with Crippen LogP contribution in [-0.4, -0.2) is 13.2 Å². The van der Waals surface area contributed by atoms with E-state index in [9.17, 15) is 13.2 Å². The molecule has 26 heavy (non-hydrogen) atoms. The Morgan fingerprint density at radius 1 is 1.08 bits per heavy atom. The molecule has 3 N–H and O–H groups in total. The largest absolute Gasteiger partial charge is 0.428 e. The van der Waals surface area contributed by atoms with Crippen LogP contribution in [0.1, 0.15) is 11.1 Å². The van der Waals surface area contributed by atoms with Crippen molar-refractivity contribution in [1.29, 1.82) is 0 Å². The van der Waals surface area contributed by atoms with Gasteiger partial charge in [-0.3, -0.25) is 10.3 Å². The third kappa shape index (κ3) is 3.48. The minimum Gasteiger partial charge on any atom is -0.322 e. The SMILES string of the molecule is CNNc1cccc(C2=CC(c3cc(Cl)cc(Cl)c3)(C(F)(F)F)ON2)c1. The second-order valence-corrected chi connectivity index (χ2v) is 6.48. The molecule has 0 saturated carbocycles. The molecule has 1 heterocycles. The van der Waals surface area contributed by atoms with Crippen molar-refractivity contribution in [2.75, 3.05) is 12.5 Å². The number of nitrogens with one attached hydrogen (secondary N) is 3. The summed E-state index contributed by atoms with van der Waals surface area (Å²) in [6.45, 7) is 0. The summed E-state index contributed by atoms with van der Waals surface area (Å²) in [6.07, 6.45) is -3.76. The van der Waals surface area contributed by atoms with Gasteiger partial charge in [-0.1, -0.05) is 35.3 Å². The Kier molecular flexibility index (Phi) is 5.07. The van der Waals surface area contributed by atoms with Gasteiger partial charge in [0.15, 0.2) is 0 Å². The second-order valence-electron chi connectivity index (χ2n) is 5.61. The molecular weight excluding hydrogens is 390 g/mol. The minimum absolute atomic E-state index is 0.0850. The van der Waals surface area contributed by atoms with Crippen molar-refractivity contribution >= 4 is 34.6 Å². The fourth-order valence-corrected chi connectivity index (χ4v) is 3.19. The molecule has 3 rings (SSSR count). The maximum Gasteiger partial charge on any atom is 0.428 e. The van der Waals surface area contributed by atoms with Crippen molar-refractivity contribution in [2.24, 2.45) is 0 Å². The lowest BCUT2D eigenvalue weighted by atomic mass is 9.91. The van der Waals surface area contributed by atoms with Gasteiger partial charge in [-0.05, 0) is 36.4 Å². The van der Waals surface area contributed by atoms with Crippen LogP contribution in [0.4, 0.5) is 18.9 Å². The number of alkyl halides is 3. The van der Waals surface area contributed by atoms with Crippen molar-refractivity contribution in [3.05, 3.63) is 69.7 Å². The Labute approximate surface area is 157 Å². The molecule has 1 atom stereocenters. The van der Waals surface area contributed by atoms with E-state index in [0.717, 1.165) is 6.08 Å². The highest BCUT2D eigenvalue weighted by Crippen LogP contribution is 2.48. The number of hydroxylamine groups is 1. The highest BCUT2D eigenvalue weighted by atomic mass is 35.5. The maximum atomic E-state index is 13.9. The van der Waals surface area contributed by atoms with E-state index in [1.165, 1.54) is 18.2 Å². The fourth-order valence-electron chi connectivity index (χ4n) is 2.66. The molecule has 0 aliphatic carbocycles. The van der Waals surface area contributed by atoms with Crippen molar-refractivity contribution in [2.45, 2.75) is 11.8 Å². The zero-order valence-electron chi connectivity index (χ0n) is 13.4. The molecule has 0 fully saturated rings. The van der Waals surface area contributed by atoms with E-state index in [4.69, 9.17) is 28.0 Å². The van der Waals surface area contributed by atoms with E-state index in [-0.39, 0.29) is 21.3 Å². The molecule has 0 radical (unpaired) electrons. The Morgan fingerprint density at radius 3 is 2.38 bits per heavy atom. The second kappa shape index (κ2) is 7.00. The van der Waals surface area contributed by atoms with Crippen LogP contribution in [0.5, 0.6) is 0 Å². The molecule has 0 saturated heterocycles. The lowest BCUT2D eigenvalue weighted by Gasteiger charge is -2.28. The normalized spacial score (nSPS) is 19.8. The number of rotatable bonds is 4. The van der Waals surface area contributed by atoms with Gasteiger partial charge in [0.05, 0.1) is 5.70 Å². The smallest absolute Gasteiger partial charge is 0.322 e. The number of hydrogen-bond donors (Lipinski definition) is 3. The number of hydrazine groups is 1. The molecule has 2 aromatic rings. The first-order valence-electron chi connectivity index (χ1n) is 7.48. The number of anilines is 1. The van der Waals surface area contributed by atoms with Crippen molar-refractivity contribution < 1.29 is 18.0 Å². The van der Waals surface area contributed by atoms with Crippen LogP contribution >= 0.6 is 23.2 Å². The Bertz CT molecular complexity index is 837. The zero-order chi connectivity index (χ0) is 18.9. The Hall–Kier alpha value is -1.93. The lowest BCUT2D eigenvalue weighted by Crippen LogP contribution is -2.42. The van der Waals surface area contributed by atoms with Crippen LogP contribution in [0.15, 0.2) is 48.5 Å². The number of hydrogen-bond acceptors (Lipinski definition) is 4. The summed E-state index contributed by atoms with van der Waals surface area (Å²) in [4.78, 5) is 5.05. The lowest BCUT2D eigenvalue weighted by molar-refractivity contribution is -0.269. The molecule has 1 aliphatic heterocycles.